The van der Waals surface area contributed by atoms with Gasteiger partial charge in [0.1, 0.15) is 11.9 Å². The smallest absolute Gasteiger partial charge is 0.390 e. The second-order valence-electron chi connectivity index (χ2n) is 9.02. The summed E-state index contributed by atoms with van der Waals surface area (Å²) in [6.07, 6.45) is -5.24. The summed E-state index contributed by atoms with van der Waals surface area (Å²) in [5, 5.41) is 14.8. The molecule has 3 aromatic rings. The lowest BCUT2D eigenvalue weighted by atomic mass is 10.0. The molecule has 0 spiro atoms. The van der Waals surface area contributed by atoms with E-state index in [9.17, 15) is 22.7 Å². The van der Waals surface area contributed by atoms with Crippen molar-refractivity contribution in [2.75, 3.05) is 19.7 Å². The zero-order chi connectivity index (χ0) is 26.3. The van der Waals surface area contributed by atoms with E-state index >= 15 is 0 Å². The molecule has 0 aliphatic carbocycles. The molecule has 0 radical (unpaired) electrons. The van der Waals surface area contributed by atoms with E-state index in [0.29, 0.717) is 30.8 Å². The molecule has 1 heterocycles. The number of nitrogens with zero attached hydrogens (tertiary/aromatic N) is 2. The Hall–Kier alpha value is -3.27. The van der Waals surface area contributed by atoms with Crippen molar-refractivity contribution in [2.45, 2.75) is 38.0 Å². The summed E-state index contributed by atoms with van der Waals surface area (Å²) >= 11 is 0. The molecule has 196 valence electrons. The quantitative estimate of drug-likeness (QED) is 0.346. The van der Waals surface area contributed by atoms with E-state index in [1.54, 1.807) is 18.2 Å². The van der Waals surface area contributed by atoms with Gasteiger partial charge in [-0.05, 0) is 34.9 Å². The maximum atomic E-state index is 13.3. The molecule has 9 heteroatoms. The normalized spacial score (nSPS) is 16.5. The second kappa shape index (κ2) is 12.3. The van der Waals surface area contributed by atoms with Crippen LogP contribution in [0.4, 0.5) is 17.6 Å². The van der Waals surface area contributed by atoms with Crippen molar-refractivity contribution < 1.29 is 32.2 Å². The number of ether oxygens (including phenoxy) is 1. The molecule has 0 unspecified atom stereocenters. The van der Waals surface area contributed by atoms with E-state index in [0.717, 1.165) is 23.3 Å². The highest BCUT2D eigenvalue weighted by Crippen LogP contribution is 2.30. The van der Waals surface area contributed by atoms with Crippen molar-refractivity contribution in [3.05, 3.63) is 107 Å². The van der Waals surface area contributed by atoms with Gasteiger partial charge >= 0.3 is 6.18 Å². The van der Waals surface area contributed by atoms with Crippen molar-refractivity contribution in [3.8, 4) is 0 Å². The van der Waals surface area contributed by atoms with Crippen molar-refractivity contribution in [2.24, 2.45) is 5.16 Å². The molecule has 0 aromatic heterocycles. The van der Waals surface area contributed by atoms with Crippen molar-refractivity contribution in [3.63, 3.8) is 0 Å². The minimum Gasteiger partial charge on any atom is -0.390 e. The summed E-state index contributed by atoms with van der Waals surface area (Å²) in [7, 11) is 0. The summed E-state index contributed by atoms with van der Waals surface area (Å²) in [6.45, 7) is 1.06. The van der Waals surface area contributed by atoms with Crippen molar-refractivity contribution in [1.82, 2.24) is 4.90 Å². The molecule has 0 bridgehead atoms. The Labute approximate surface area is 212 Å². The number of aliphatic hydroxyl groups excluding tert-OH is 1. The standard InChI is InChI=1S/C28H28F4N2O3/c29-24-11-9-22(10-12-24)27-14-26(37-33-27)17-34(15-21-7-4-8-23(13-21)28(30,31)32)16-25(35)19-36-18-20-5-2-1-3-6-20/h1-13,25-26,35H,14-19H2/t25-,26-/m0/s1. The highest BCUT2D eigenvalue weighted by atomic mass is 19.4. The van der Waals surface area contributed by atoms with Crippen LogP contribution in [0.2, 0.25) is 0 Å². The van der Waals surface area contributed by atoms with Gasteiger partial charge in [-0.2, -0.15) is 13.2 Å². The minimum atomic E-state index is -4.45. The monoisotopic (exact) mass is 516 g/mol. The molecule has 5 nitrogen and oxygen atoms in total. The molecule has 37 heavy (non-hydrogen) atoms. The van der Waals surface area contributed by atoms with E-state index < -0.39 is 17.8 Å². The first kappa shape index (κ1) is 26.8. The number of oxime groups is 1. The lowest BCUT2D eigenvalue weighted by molar-refractivity contribution is -0.137. The van der Waals surface area contributed by atoms with Crippen LogP contribution in [0.5, 0.6) is 0 Å². The molecular formula is C28H28F4N2O3. The molecule has 0 saturated heterocycles. The Morgan fingerprint density at radius 1 is 1.00 bits per heavy atom. The summed E-state index contributed by atoms with van der Waals surface area (Å²) in [5.74, 6) is -0.351. The van der Waals surface area contributed by atoms with Gasteiger partial charge in [0.25, 0.3) is 0 Å². The first-order chi connectivity index (χ1) is 17.8. The largest absolute Gasteiger partial charge is 0.416 e. The predicted molar refractivity (Wildman–Crippen MR) is 131 cm³/mol. The van der Waals surface area contributed by atoms with E-state index in [1.807, 2.05) is 35.2 Å². The number of hydrogen-bond donors (Lipinski definition) is 1. The Morgan fingerprint density at radius 3 is 2.46 bits per heavy atom. The second-order valence-corrected chi connectivity index (χ2v) is 9.02. The van der Waals surface area contributed by atoms with Crippen LogP contribution >= 0.6 is 0 Å². The molecule has 0 fully saturated rings. The van der Waals surface area contributed by atoms with Gasteiger partial charge in [0.05, 0.1) is 30.6 Å². The number of alkyl halides is 3. The third-order valence-corrected chi connectivity index (χ3v) is 5.92. The van der Waals surface area contributed by atoms with Crippen LogP contribution in [0.25, 0.3) is 0 Å². The van der Waals surface area contributed by atoms with E-state index in [4.69, 9.17) is 9.57 Å². The molecule has 0 saturated carbocycles. The number of aliphatic hydroxyl groups is 1. The number of rotatable bonds is 11. The van der Waals surface area contributed by atoms with Gasteiger partial charge in [0.15, 0.2) is 0 Å². The van der Waals surface area contributed by atoms with Gasteiger partial charge < -0.3 is 14.7 Å². The number of hydrogen-bond acceptors (Lipinski definition) is 5. The molecule has 1 aliphatic heterocycles. The molecule has 1 N–H and O–H groups in total. The lowest BCUT2D eigenvalue weighted by Gasteiger charge is -2.27. The van der Waals surface area contributed by atoms with E-state index in [-0.39, 0.29) is 31.6 Å². The zero-order valence-corrected chi connectivity index (χ0v) is 20.1. The first-order valence-electron chi connectivity index (χ1n) is 11.9. The maximum Gasteiger partial charge on any atom is 0.416 e. The first-order valence-corrected chi connectivity index (χ1v) is 11.9. The maximum absolute atomic E-state index is 13.3. The fourth-order valence-electron chi connectivity index (χ4n) is 4.17. The number of benzene rings is 3. The van der Waals surface area contributed by atoms with Crippen molar-refractivity contribution in [1.29, 1.82) is 0 Å². The van der Waals surface area contributed by atoms with Crippen LogP contribution in [-0.2, 0) is 28.9 Å². The zero-order valence-electron chi connectivity index (χ0n) is 20.1. The van der Waals surface area contributed by atoms with Gasteiger partial charge in [-0.25, -0.2) is 4.39 Å². The fraction of sp³-hybridized carbons (Fsp3) is 0.321. The van der Waals surface area contributed by atoms with Crippen LogP contribution in [0.3, 0.4) is 0 Å². The van der Waals surface area contributed by atoms with Crippen LogP contribution in [0, 0.1) is 5.82 Å². The Morgan fingerprint density at radius 2 is 1.73 bits per heavy atom. The summed E-state index contributed by atoms with van der Waals surface area (Å²) < 4.78 is 58.6. The summed E-state index contributed by atoms with van der Waals surface area (Å²) in [4.78, 5) is 7.41. The molecular weight excluding hydrogens is 488 g/mol. The van der Waals surface area contributed by atoms with Gasteiger partial charge in [-0.15, -0.1) is 0 Å². The van der Waals surface area contributed by atoms with Crippen molar-refractivity contribution >= 4 is 5.71 Å². The van der Waals surface area contributed by atoms with Crippen LogP contribution in [0.1, 0.15) is 28.7 Å². The van der Waals surface area contributed by atoms with Crippen LogP contribution in [-0.4, -0.2) is 47.6 Å². The van der Waals surface area contributed by atoms with Crippen LogP contribution < -0.4 is 0 Å². The molecule has 4 rings (SSSR count). The molecule has 2 atom stereocenters. The topological polar surface area (TPSA) is 54.3 Å². The Balaban J connectivity index is 1.39. The minimum absolute atomic E-state index is 0.0663. The van der Waals surface area contributed by atoms with Gasteiger partial charge in [0, 0.05) is 26.1 Å². The predicted octanol–water partition coefficient (Wildman–Crippen LogP) is 5.42. The summed E-state index contributed by atoms with van der Waals surface area (Å²) in [6, 6.07) is 20.6. The molecule has 3 aromatic carbocycles. The SMILES string of the molecule is O[C@H](COCc1ccccc1)CN(Cc1cccc(C(F)(F)F)c1)C[C@@H]1CC(c2ccc(F)cc2)=NO1. The van der Waals surface area contributed by atoms with E-state index in [1.165, 1.54) is 18.2 Å². The van der Waals surface area contributed by atoms with Crippen LogP contribution in [0.15, 0.2) is 84.0 Å². The Kier molecular flexibility index (Phi) is 8.91. The average Bonchev–Trinajstić information content (AvgIpc) is 3.33. The third-order valence-electron chi connectivity index (χ3n) is 5.92. The average molecular weight is 517 g/mol. The van der Waals surface area contributed by atoms with Gasteiger partial charge in [-0.3, -0.25) is 4.90 Å². The van der Waals surface area contributed by atoms with Gasteiger partial charge in [0.2, 0.25) is 0 Å². The van der Waals surface area contributed by atoms with Gasteiger partial charge in [-0.1, -0.05) is 65.8 Å². The fourth-order valence-corrected chi connectivity index (χ4v) is 4.17. The highest BCUT2D eigenvalue weighted by Gasteiger charge is 2.31. The lowest BCUT2D eigenvalue weighted by Crippen LogP contribution is -2.39. The Bertz CT molecular complexity index is 1170. The van der Waals surface area contributed by atoms with E-state index in [2.05, 4.69) is 5.16 Å². The number of halogens is 4. The third kappa shape index (κ3) is 8.11. The summed E-state index contributed by atoms with van der Waals surface area (Å²) in [5.41, 5.74) is 2.11. The highest BCUT2D eigenvalue weighted by molar-refractivity contribution is 6.01. The molecule has 0 amide bonds. The molecule has 1 aliphatic rings.